The Hall–Kier alpha value is -6.54. The molecule has 0 radical (unpaired) electrons. The summed E-state index contributed by atoms with van der Waals surface area (Å²) in [6, 6.07) is 31.8. The van der Waals surface area contributed by atoms with Crippen LogP contribution in [-0.4, -0.2) is 79.5 Å². The van der Waals surface area contributed by atoms with Crippen LogP contribution in [0, 0.1) is 0 Å². The van der Waals surface area contributed by atoms with Crippen molar-refractivity contribution in [1.82, 2.24) is 5.43 Å². The third kappa shape index (κ3) is 9.57. The fourth-order valence-corrected chi connectivity index (χ4v) is 5.14. The van der Waals surface area contributed by atoms with Gasteiger partial charge in [-0.3, -0.25) is 0 Å². The summed E-state index contributed by atoms with van der Waals surface area (Å²) in [5.74, 6) is -3.81. The van der Waals surface area contributed by atoms with Crippen molar-refractivity contribution in [2.75, 3.05) is 13.2 Å². The van der Waals surface area contributed by atoms with Crippen LogP contribution in [0.15, 0.2) is 126 Å². The highest BCUT2D eigenvalue weighted by molar-refractivity contribution is 5.93. The first-order valence-corrected chi connectivity index (χ1v) is 16.2. The molecule has 1 aliphatic rings. The normalized spacial score (nSPS) is 19.7. The average molecular weight is 710 g/mol. The number of carbonyl (C=O) groups is 5. The molecule has 4 aromatic carbocycles. The molecule has 1 fully saturated rings. The molecule has 1 heterocycles. The summed E-state index contributed by atoms with van der Waals surface area (Å²) in [6.07, 6.45) is -8.79. The lowest BCUT2D eigenvalue weighted by atomic mass is 9.93. The van der Waals surface area contributed by atoms with Crippen molar-refractivity contribution < 1.29 is 52.4 Å². The van der Waals surface area contributed by atoms with E-state index in [0.29, 0.717) is 0 Å². The van der Waals surface area contributed by atoms with Crippen LogP contribution in [0.25, 0.3) is 0 Å². The van der Waals surface area contributed by atoms with E-state index in [2.05, 4.69) is 10.5 Å². The third-order valence-electron chi connectivity index (χ3n) is 7.62. The first kappa shape index (κ1) is 36.7. The standard InChI is InChI=1S/C38H35N3O11/c1-2-47-38(46)41-40-33(39)32-31(52-37(45)27-21-13-6-14-22-27)30(51-36(44)26-19-11-5-12-20-26)29(50-35(43)25-17-9-4-10-18-25)28(49-32)23-48-34(42)24-15-7-3-8-16-24/h3-22,28-32H,2,23H2,1H3,(H2,39,40)(H,41,46)/t28-,29-,30+,31-,32-/m1/s1. The fourth-order valence-electron chi connectivity index (χ4n) is 5.14. The number of benzene rings is 4. The lowest BCUT2D eigenvalue weighted by molar-refractivity contribution is -0.212. The number of nitrogens with one attached hydrogen (secondary N) is 1. The first-order chi connectivity index (χ1) is 25.2. The first-order valence-electron chi connectivity index (χ1n) is 16.2. The van der Waals surface area contributed by atoms with E-state index in [1.54, 1.807) is 79.7 Å². The zero-order valence-electron chi connectivity index (χ0n) is 27.9. The van der Waals surface area contributed by atoms with Crippen LogP contribution in [0.5, 0.6) is 0 Å². The number of amides is 1. The van der Waals surface area contributed by atoms with Crippen LogP contribution in [-0.2, 0) is 28.4 Å². The predicted molar refractivity (Wildman–Crippen MR) is 184 cm³/mol. The van der Waals surface area contributed by atoms with Crippen molar-refractivity contribution in [2.24, 2.45) is 10.8 Å². The molecule has 4 aromatic rings. The van der Waals surface area contributed by atoms with Gasteiger partial charge in [-0.1, -0.05) is 72.8 Å². The number of hydrazone groups is 1. The largest absolute Gasteiger partial charge is 0.459 e. The van der Waals surface area contributed by atoms with E-state index in [9.17, 15) is 24.0 Å². The topological polar surface area (TPSA) is 191 Å². The summed E-state index contributed by atoms with van der Waals surface area (Å²) in [5, 5.41) is 3.88. The monoisotopic (exact) mass is 709 g/mol. The molecule has 5 atom stereocenters. The molecule has 1 saturated heterocycles. The Bertz CT molecular complexity index is 1860. The smallest absolute Gasteiger partial charge is 0.427 e. The van der Waals surface area contributed by atoms with E-state index >= 15 is 0 Å². The number of nitrogens with two attached hydrogens (primary N) is 1. The number of amidine groups is 1. The predicted octanol–water partition coefficient (Wildman–Crippen LogP) is 4.31. The summed E-state index contributed by atoms with van der Waals surface area (Å²) < 4.78 is 34.6. The lowest BCUT2D eigenvalue weighted by Gasteiger charge is -2.44. The quantitative estimate of drug-likeness (QED) is 0.0698. The van der Waals surface area contributed by atoms with Gasteiger partial charge in [0.25, 0.3) is 0 Å². The minimum absolute atomic E-state index is 0.0271. The second-order valence-corrected chi connectivity index (χ2v) is 11.1. The number of ether oxygens (including phenoxy) is 6. The van der Waals surface area contributed by atoms with Crippen molar-refractivity contribution in [3.05, 3.63) is 144 Å². The molecule has 0 aliphatic carbocycles. The molecule has 1 amide bonds. The summed E-state index contributed by atoms with van der Waals surface area (Å²) >= 11 is 0. The van der Waals surface area contributed by atoms with Crippen LogP contribution in [0.1, 0.15) is 48.4 Å². The van der Waals surface area contributed by atoms with Crippen LogP contribution in [0.4, 0.5) is 4.79 Å². The zero-order chi connectivity index (χ0) is 36.9. The number of rotatable bonds is 12. The molecule has 268 valence electrons. The van der Waals surface area contributed by atoms with Gasteiger partial charge in [-0.25, -0.2) is 29.4 Å². The van der Waals surface area contributed by atoms with Gasteiger partial charge < -0.3 is 34.2 Å². The van der Waals surface area contributed by atoms with Gasteiger partial charge in [0.05, 0.1) is 28.9 Å². The minimum atomic E-state index is -1.65. The highest BCUT2D eigenvalue weighted by Gasteiger charge is 2.54. The van der Waals surface area contributed by atoms with Crippen LogP contribution in [0.2, 0.25) is 0 Å². The molecule has 0 aromatic heterocycles. The Morgan fingerprint density at radius 3 is 1.44 bits per heavy atom. The van der Waals surface area contributed by atoms with Crippen molar-refractivity contribution in [3.63, 3.8) is 0 Å². The molecule has 3 N–H and O–H groups in total. The van der Waals surface area contributed by atoms with E-state index in [1.165, 1.54) is 48.5 Å². The second-order valence-electron chi connectivity index (χ2n) is 11.1. The molecule has 1 aliphatic heterocycles. The summed E-state index contributed by atoms with van der Waals surface area (Å²) in [7, 11) is 0. The number of carbonyl (C=O) groups excluding carboxylic acids is 5. The lowest BCUT2D eigenvalue weighted by Crippen LogP contribution is -2.65. The van der Waals surface area contributed by atoms with Crippen LogP contribution in [0.3, 0.4) is 0 Å². The highest BCUT2D eigenvalue weighted by Crippen LogP contribution is 2.31. The van der Waals surface area contributed by atoms with Crippen LogP contribution >= 0.6 is 0 Å². The van der Waals surface area contributed by atoms with E-state index < -0.39 is 72.9 Å². The molecule has 14 nitrogen and oxygen atoms in total. The Kier molecular flexibility index (Phi) is 12.7. The summed E-state index contributed by atoms with van der Waals surface area (Å²) in [6.45, 7) is 1.05. The van der Waals surface area contributed by atoms with Gasteiger partial charge in [0.1, 0.15) is 12.7 Å². The molecule has 0 spiro atoms. The molecular weight excluding hydrogens is 674 g/mol. The summed E-state index contributed by atoms with van der Waals surface area (Å²) in [4.78, 5) is 66.0. The minimum Gasteiger partial charge on any atom is -0.459 e. The van der Waals surface area contributed by atoms with Crippen molar-refractivity contribution in [2.45, 2.75) is 37.4 Å². The maximum atomic E-state index is 13.7. The molecule has 0 bridgehead atoms. The van der Waals surface area contributed by atoms with E-state index in [1.807, 2.05) is 0 Å². The molecule has 14 heteroatoms. The van der Waals surface area contributed by atoms with E-state index in [4.69, 9.17) is 34.2 Å². The summed E-state index contributed by atoms with van der Waals surface area (Å²) in [5.41, 5.74) is 9.06. The Morgan fingerprint density at radius 1 is 0.596 bits per heavy atom. The average Bonchev–Trinajstić information content (AvgIpc) is 3.18. The number of esters is 4. The van der Waals surface area contributed by atoms with Gasteiger partial charge in [-0.2, -0.15) is 5.10 Å². The number of nitrogens with zero attached hydrogens (tertiary/aromatic N) is 1. The fraction of sp³-hybridized carbons (Fsp3) is 0.211. The van der Waals surface area contributed by atoms with Gasteiger partial charge in [-0.05, 0) is 55.5 Å². The zero-order valence-corrected chi connectivity index (χ0v) is 27.9. The van der Waals surface area contributed by atoms with E-state index in [-0.39, 0.29) is 28.9 Å². The molecule has 5 rings (SSSR count). The molecular formula is C38H35N3O11. The van der Waals surface area contributed by atoms with Gasteiger partial charge >= 0.3 is 30.0 Å². The Balaban J connectivity index is 1.59. The van der Waals surface area contributed by atoms with Crippen molar-refractivity contribution >= 4 is 35.8 Å². The Labute approximate surface area is 298 Å². The molecule has 0 saturated carbocycles. The molecule has 52 heavy (non-hydrogen) atoms. The number of hydrogen-bond donors (Lipinski definition) is 2. The third-order valence-corrected chi connectivity index (χ3v) is 7.62. The van der Waals surface area contributed by atoms with Gasteiger partial charge in [0.2, 0.25) is 0 Å². The van der Waals surface area contributed by atoms with Crippen molar-refractivity contribution in [3.8, 4) is 0 Å². The van der Waals surface area contributed by atoms with Gasteiger partial charge in [0, 0.05) is 0 Å². The maximum absolute atomic E-state index is 13.7. The van der Waals surface area contributed by atoms with Gasteiger partial charge in [0.15, 0.2) is 30.3 Å². The maximum Gasteiger partial charge on any atom is 0.427 e. The SMILES string of the molecule is CCOC(=O)N/N=C(\N)[C@@H]1O[C@H](COC(=O)c2ccccc2)[C@@H](OC(=O)c2ccccc2)[C@H](OC(=O)c2ccccc2)[C@H]1OC(=O)c1ccccc1. The van der Waals surface area contributed by atoms with E-state index in [0.717, 1.165) is 0 Å². The molecule has 0 unspecified atom stereocenters. The van der Waals surface area contributed by atoms with Crippen molar-refractivity contribution in [1.29, 1.82) is 0 Å². The van der Waals surface area contributed by atoms with Crippen LogP contribution < -0.4 is 11.2 Å². The second kappa shape index (κ2) is 17.9. The highest BCUT2D eigenvalue weighted by atomic mass is 16.7. The number of hydrogen-bond acceptors (Lipinski definition) is 12. The van der Waals surface area contributed by atoms with Gasteiger partial charge in [-0.15, -0.1) is 0 Å². The Morgan fingerprint density at radius 2 is 1.00 bits per heavy atom.